The summed E-state index contributed by atoms with van der Waals surface area (Å²) in [4.78, 5) is 11.7. The van der Waals surface area contributed by atoms with Crippen molar-refractivity contribution in [3.05, 3.63) is 42.0 Å². The van der Waals surface area contributed by atoms with Crippen molar-refractivity contribution >= 4 is 21.6 Å². The Labute approximate surface area is 124 Å². The van der Waals surface area contributed by atoms with Gasteiger partial charge in [0, 0.05) is 0 Å². The molecule has 0 spiro atoms. The number of benzene rings is 1. The monoisotopic (exact) mass is 307 g/mol. The average Bonchev–Trinajstić information content (AvgIpc) is 2.90. The van der Waals surface area contributed by atoms with Crippen molar-refractivity contribution in [1.82, 2.24) is 10.1 Å². The van der Waals surface area contributed by atoms with Crippen LogP contribution in [-0.2, 0) is 14.8 Å². The lowest BCUT2D eigenvalue weighted by Gasteiger charge is -2.05. The van der Waals surface area contributed by atoms with Crippen LogP contribution in [0.2, 0.25) is 0 Å². The molecule has 0 saturated heterocycles. The summed E-state index contributed by atoms with van der Waals surface area (Å²) >= 11 is 0. The van der Waals surface area contributed by atoms with Gasteiger partial charge in [0.2, 0.25) is 10.0 Å². The summed E-state index contributed by atoms with van der Waals surface area (Å²) < 4.78 is 26.0. The Bertz CT molecular complexity index is 679. The van der Waals surface area contributed by atoms with E-state index in [0.717, 1.165) is 18.6 Å². The number of hydrogen-bond acceptors (Lipinski definition) is 4. The SMILES string of the molecule is CC1=C/C(=N/NC(=O)CNS(=O)(=O)c2ccccc2)CC1. The molecule has 1 aromatic carbocycles. The van der Waals surface area contributed by atoms with E-state index in [9.17, 15) is 13.2 Å². The molecule has 0 fully saturated rings. The summed E-state index contributed by atoms with van der Waals surface area (Å²) in [6.45, 7) is 1.65. The molecule has 21 heavy (non-hydrogen) atoms. The van der Waals surface area contributed by atoms with E-state index in [0.29, 0.717) is 0 Å². The zero-order chi connectivity index (χ0) is 15.3. The third-order valence-corrected chi connectivity index (χ3v) is 4.41. The number of carbonyl (C=O) groups is 1. The van der Waals surface area contributed by atoms with Crippen molar-refractivity contribution in [2.75, 3.05) is 6.54 Å². The lowest BCUT2D eigenvalue weighted by Crippen LogP contribution is -2.35. The molecule has 0 radical (unpaired) electrons. The number of nitrogens with zero attached hydrogens (tertiary/aromatic N) is 1. The molecule has 1 aliphatic carbocycles. The van der Waals surface area contributed by atoms with Crippen LogP contribution < -0.4 is 10.1 Å². The van der Waals surface area contributed by atoms with Crippen LogP contribution in [-0.4, -0.2) is 26.6 Å². The van der Waals surface area contributed by atoms with Crippen molar-refractivity contribution in [2.24, 2.45) is 5.10 Å². The van der Waals surface area contributed by atoms with Gasteiger partial charge in [-0.3, -0.25) is 4.79 Å². The molecular weight excluding hydrogens is 290 g/mol. The zero-order valence-electron chi connectivity index (χ0n) is 11.7. The highest BCUT2D eigenvalue weighted by molar-refractivity contribution is 7.89. The zero-order valence-corrected chi connectivity index (χ0v) is 12.5. The predicted molar refractivity (Wildman–Crippen MR) is 80.2 cm³/mol. The van der Waals surface area contributed by atoms with Crippen molar-refractivity contribution in [1.29, 1.82) is 0 Å². The van der Waals surface area contributed by atoms with E-state index in [4.69, 9.17) is 0 Å². The summed E-state index contributed by atoms with van der Waals surface area (Å²) in [7, 11) is -3.67. The van der Waals surface area contributed by atoms with Crippen molar-refractivity contribution in [3.63, 3.8) is 0 Å². The molecule has 0 saturated carbocycles. The third kappa shape index (κ3) is 4.51. The van der Waals surface area contributed by atoms with Gasteiger partial charge in [-0.05, 0) is 38.0 Å². The first kappa shape index (κ1) is 15.4. The van der Waals surface area contributed by atoms with Gasteiger partial charge in [-0.15, -0.1) is 0 Å². The van der Waals surface area contributed by atoms with Crippen LogP contribution in [0.4, 0.5) is 0 Å². The second-order valence-electron chi connectivity index (χ2n) is 4.77. The van der Waals surface area contributed by atoms with E-state index < -0.39 is 15.9 Å². The number of rotatable bonds is 5. The second-order valence-corrected chi connectivity index (χ2v) is 6.53. The molecular formula is C14H17N3O3S. The summed E-state index contributed by atoms with van der Waals surface area (Å²) in [5.74, 6) is -0.500. The molecule has 1 amide bonds. The number of hydrogen-bond donors (Lipinski definition) is 2. The summed E-state index contributed by atoms with van der Waals surface area (Å²) in [6.07, 6.45) is 3.64. The molecule has 0 aromatic heterocycles. The Morgan fingerprint density at radius 1 is 1.24 bits per heavy atom. The van der Waals surface area contributed by atoms with Crippen LogP contribution in [0.5, 0.6) is 0 Å². The molecule has 2 N–H and O–H groups in total. The number of carbonyl (C=O) groups excluding carboxylic acids is 1. The second kappa shape index (κ2) is 6.64. The van der Waals surface area contributed by atoms with Gasteiger partial charge >= 0.3 is 0 Å². The molecule has 0 unspecified atom stereocenters. The fourth-order valence-corrected chi connectivity index (χ4v) is 2.86. The molecule has 0 aliphatic heterocycles. The quantitative estimate of drug-likeness (QED) is 0.801. The average molecular weight is 307 g/mol. The standard InChI is InChI=1S/C14H17N3O3S/c1-11-7-8-12(9-11)16-17-14(18)10-15-21(19,20)13-5-3-2-4-6-13/h2-6,9,15H,7-8,10H2,1H3,(H,17,18)/b16-12+. The van der Waals surface area contributed by atoms with Gasteiger partial charge in [-0.25, -0.2) is 18.6 Å². The Morgan fingerprint density at radius 3 is 2.57 bits per heavy atom. The van der Waals surface area contributed by atoms with Crippen LogP contribution in [0.1, 0.15) is 19.8 Å². The maximum absolute atomic E-state index is 11.9. The highest BCUT2D eigenvalue weighted by Gasteiger charge is 2.14. The van der Waals surface area contributed by atoms with Crippen LogP contribution in [0.15, 0.2) is 52.0 Å². The number of nitrogens with one attached hydrogen (secondary N) is 2. The van der Waals surface area contributed by atoms with E-state index in [1.807, 2.05) is 13.0 Å². The fourth-order valence-electron chi connectivity index (χ4n) is 1.86. The van der Waals surface area contributed by atoms with E-state index in [-0.39, 0.29) is 11.4 Å². The largest absolute Gasteiger partial charge is 0.272 e. The fraction of sp³-hybridized carbons (Fsp3) is 0.286. The Kier molecular flexibility index (Phi) is 4.87. The van der Waals surface area contributed by atoms with Crippen molar-refractivity contribution in [2.45, 2.75) is 24.7 Å². The van der Waals surface area contributed by atoms with E-state index in [2.05, 4.69) is 15.2 Å². The van der Waals surface area contributed by atoms with Gasteiger partial charge in [-0.1, -0.05) is 23.8 Å². The molecule has 6 nitrogen and oxygen atoms in total. The summed E-state index contributed by atoms with van der Waals surface area (Å²) in [6, 6.07) is 7.89. The van der Waals surface area contributed by atoms with Crippen LogP contribution in [0.3, 0.4) is 0 Å². The molecule has 1 aromatic rings. The molecule has 0 heterocycles. The minimum absolute atomic E-state index is 0.124. The van der Waals surface area contributed by atoms with Gasteiger partial charge in [0.05, 0.1) is 17.2 Å². The van der Waals surface area contributed by atoms with Crippen LogP contribution in [0, 0.1) is 0 Å². The number of allylic oxidation sites excluding steroid dienone is 2. The first-order valence-electron chi connectivity index (χ1n) is 6.55. The van der Waals surface area contributed by atoms with Gasteiger partial charge in [-0.2, -0.15) is 5.10 Å². The topological polar surface area (TPSA) is 87.6 Å². The lowest BCUT2D eigenvalue weighted by atomic mass is 10.3. The van der Waals surface area contributed by atoms with E-state index >= 15 is 0 Å². The summed E-state index contributed by atoms with van der Waals surface area (Å²) in [5.41, 5.74) is 4.36. The maximum Gasteiger partial charge on any atom is 0.255 e. The van der Waals surface area contributed by atoms with Crippen molar-refractivity contribution in [3.8, 4) is 0 Å². The molecule has 0 bridgehead atoms. The molecule has 1 aliphatic rings. The molecule has 112 valence electrons. The molecule has 2 rings (SSSR count). The molecule has 7 heteroatoms. The van der Waals surface area contributed by atoms with E-state index in [1.165, 1.54) is 17.7 Å². The van der Waals surface area contributed by atoms with Gasteiger partial charge in [0.25, 0.3) is 5.91 Å². The Balaban J connectivity index is 1.87. The lowest BCUT2D eigenvalue weighted by molar-refractivity contribution is -0.119. The number of sulfonamides is 1. The van der Waals surface area contributed by atoms with Crippen molar-refractivity contribution < 1.29 is 13.2 Å². The molecule has 0 atom stereocenters. The smallest absolute Gasteiger partial charge is 0.255 e. The normalized spacial score (nSPS) is 16.8. The predicted octanol–water partition coefficient (Wildman–Crippen LogP) is 1.18. The first-order chi connectivity index (χ1) is 9.97. The number of amides is 1. The first-order valence-corrected chi connectivity index (χ1v) is 8.03. The highest BCUT2D eigenvalue weighted by atomic mass is 32.2. The van der Waals surface area contributed by atoms with Gasteiger partial charge in [0.1, 0.15) is 0 Å². The number of hydrazone groups is 1. The third-order valence-electron chi connectivity index (χ3n) is 2.99. The van der Waals surface area contributed by atoms with Crippen LogP contribution in [0.25, 0.3) is 0 Å². The summed E-state index contributed by atoms with van der Waals surface area (Å²) in [5, 5.41) is 3.95. The maximum atomic E-state index is 11.9. The van der Waals surface area contributed by atoms with Gasteiger partial charge < -0.3 is 0 Å². The van der Waals surface area contributed by atoms with Gasteiger partial charge in [0.15, 0.2) is 0 Å². The van der Waals surface area contributed by atoms with Crippen LogP contribution >= 0.6 is 0 Å². The van der Waals surface area contributed by atoms with E-state index in [1.54, 1.807) is 18.2 Å². The Morgan fingerprint density at radius 2 is 1.95 bits per heavy atom. The highest BCUT2D eigenvalue weighted by Crippen LogP contribution is 2.14. The minimum Gasteiger partial charge on any atom is -0.272 e. The Hall–Kier alpha value is -1.99. The minimum atomic E-state index is -3.67.